The van der Waals surface area contributed by atoms with Crippen LogP contribution in [0.3, 0.4) is 0 Å². The summed E-state index contributed by atoms with van der Waals surface area (Å²) in [5.74, 6) is 0.267. The van der Waals surface area contributed by atoms with Gasteiger partial charge in [-0.1, -0.05) is 0 Å². The van der Waals surface area contributed by atoms with Crippen molar-refractivity contribution in [3.8, 4) is 5.75 Å². The van der Waals surface area contributed by atoms with E-state index >= 15 is 0 Å². The Hall–Kier alpha value is -2.61. The van der Waals surface area contributed by atoms with E-state index in [1.165, 1.54) is 23.3 Å². The molecule has 0 atom stereocenters. The van der Waals surface area contributed by atoms with Crippen LogP contribution in [0.1, 0.15) is 15.4 Å². The van der Waals surface area contributed by atoms with Crippen molar-refractivity contribution >= 4 is 34.7 Å². The molecular weight excluding hydrogens is 318 g/mol. The van der Waals surface area contributed by atoms with Crippen LogP contribution in [-0.2, 0) is 4.74 Å². The van der Waals surface area contributed by atoms with Gasteiger partial charge in [0.05, 0.1) is 30.5 Å². The van der Waals surface area contributed by atoms with Crippen molar-refractivity contribution in [2.75, 3.05) is 30.5 Å². The van der Waals surface area contributed by atoms with Crippen LogP contribution < -0.4 is 15.0 Å². The smallest absolute Gasteiger partial charge is 0.414 e. The lowest BCUT2D eigenvalue weighted by molar-refractivity contribution is 0.102. The van der Waals surface area contributed by atoms with Crippen molar-refractivity contribution in [3.63, 3.8) is 0 Å². The molecule has 1 saturated heterocycles. The number of cyclic esters (lactones) is 1. The normalized spacial score (nSPS) is 13.8. The van der Waals surface area contributed by atoms with Crippen molar-refractivity contribution in [2.45, 2.75) is 6.92 Å². The number of carbonyl (C=O) groups excluding carboxylic acids is 2. The zero-order chi connectivity index (χ0) is 16.4. The van der Waals surface area contributed by atoms with Crippen LogP contribution in [0.15, 0.2) is 23.7 Å². The number of thiazole rings is 1. The fourth-order valence-corrected chi connectivity index (χ4v) is 3.00. The van der Waals surface area contributed by atoms with Crippen molar-refractivity contribution in [2.24, 2.45) is 0 Å². The van der Waals surface area contributed by atoms with Gasteiger partial charge >= 0.3 is 6.09 Å². The molecule has 2 heterocycles. The number of rotatable bonds is 4. The third kappa shape index (κ3) is 2.98. The maximum absolute atomic E-state index is 12.2. The highest BCUT2D eigenvalue weighted by atomic mass is 32.1. The maximum Gasteiger partial charge on any atom is 0.414 e. The summed E-state index contributed by atoms with van der Waals surface area (Å²) in [6.45, 7) is 2.61. The molecular formula is C15H15N3O4S. The van der Waals surface area contributed by atoms with E-state index in [9.17, 15) is 9.59 Å². The summed E-state index contributed by atoms with van der Waals surface area (Å²) < 4.78 is 10.3. The first-order valence-electron chi connectivity index (χ1n) is 6.94. The van der Waals surface area contributed by atoms with E-state index in [1.807, 2.05) is 0 Å². The molecule has 0 spiro atoms. The topological polar surface area (TPSA) is 80.8 Å². The number of carbonyl (C=O) groups is 2. The molecule has 1 aliphatic rings. The van der Waals surface area contributed by atoms with E-state index < -0.39 is 6.09 Å². The first-order valence-corrected chi connectivity index (χ1v) is 7.82. The second-order valence-electron chi connectivity index (χ2n) is 4.87. The molecule has 120 valence electrons. The van der Waals surface area contributed by atoms with E-state index in [0.29, 0.717) is 40.8 Å². The predicted octanol–water partition coefficient (Wildman–Crippen LogP) is 2.67. The lowest BCUT2D eigenvalue weighted by atomic mass is 10.2. The fraction of sp³-hybridized carbons (Fsp3) is 0.267. The lowest BCUT2D eigenvalue weighted by Gasteiger charge is -2.17. The van der Waals surface area contributed by atoms with Crippen molar-refractivity contribution in [1.82, 2.24) is 4.98 Å². The number of ether oxygens (including phenoxy) is 2. The quantitative estimate of drug-likeness (QED) is 0.930. The van der Waals surface area contributed by atoms with Gasteiger partial charge in [0.25, 0.3) is 5.91 Å². The highest BCUT2D eigenvalue weighted by Crippen LogP contribution is 2.33. The Morgan fingerprint density at radius 2 is 2.30 bits per heavy atom. The minimum atomic E-state index is -0.402. The standard InChI is InChI=1S/C15H15N3O4S/c1-9-13(23-8-16-9)14(19)17-10-3-4-11(12(7-10)21-2)18-5-6-22-15(18)20/h3-4,7-8H,5-6H2,1-2H3,(H,17,19). The zero-order valence-electron chi connectivity index (χ0n) is 12.7. The van der Waals surface area contributed by atoms with E-state index in [4.69, 9.17) is 9.47 Å². The largest absolute Gasteiger partial charge is 0.494 e. The third-order valence-electron chi connectivity index (χ3n) is 3.44. The van der Waals surface area contributed by atoms with Crippen LogP contribution >= 0.6 is 11.3 Å². The molecule has 2 amide bonds. The van der Waals surface area contributed by atoms with Crippen LogP contribution in [0.4, 0.5) is 16.2 Å². The monoisotopic (exact) mass is 333 g/mol. The van der Waals surface area contributed by atoms with Gasteiger partial charge in [-0.2, -0.15) is 0 Å². The van der Waals surface area contributed by atoms with E-state index in [0.717, 1.165) is 0 Å². The Kier molecular flexibility index (Phi) is 4.16. The summed E-state index contributed by atoms with van der Waals surface area (Å²) in [6.07, 6.45) is -0.402. The van der Waals surface area contributed by atoms with Gasteiger partial charge in [0, 0.05) is 11.8 Å². The average molecular weight is 333 g/mol. The minimum absolute atomic E-state index is 0.222. The molecule has 7 nitrogen and oxygen atoms in total. The number of aromatic nitrogens is 1. The average Bonchev–Trinajstić information content (AvgIpc) is 3.15. The summed E-state index contributed by atoms with van der Waals surface area (Å²) in [7, 11) is 1.51. The highest BCUT2D eigenvalue weighted by molar-refractivity contribution is 7.12. The zero-order valence-corrected chi connectivity index (χ0v) is 13.5. The minimum Gasteiger partial charge on any atom is -0.494 e. The van der Waals surface area contributed by atoms with Crippen molar-refractivity contribution in [1.29, 1.82) is 0 Å². The highest BCUT2D eigenvalue weighted by Gasteiger charge is 2.26. The second-order valence-corrected chi connectivity index (χ2v) is 5.73. The van der Waals surface area contributed by atoms with Gasteiger partial charge in [0.1, 0.15) is 17.2 Å². The molecule has 0 bridgehead atoms. The molecule has 1 N–H and O–H groups in total. The van der Waals surface area contributed by atoms with Crippen molar-refractivity contribution in [3.05, 3.63) is 34.3 Å². The molecule has 1 aliphatic heterocycles. The van der Waals surface area contributed by atoms with Crippen LogP contribution in [0.25, 0.3) is 0 Å². The van der Waals surface area contributed by atoms with Crippen LogP contribution in [0.2, 0.25) is 0 Å². The Morgan fingerprint density at radius 1 is 1.48 bits per heavy atom. The summed E-state index contributed by atoms with van der Waals surface area (Å²) in [6, 6.07) is 5.12. The number of nitrogens with zero attached hydrogens (tertiary/aromatic N) is 2. The first kappa shape index (κ1) is 15.3. The predicted molar refractivity (Wildman–Crippen MR) is 86.5 cm³/mol. The lowest BCUT2D eigenvalue weighted by Crippen LogP contribution is -2.24. The van der Waals surface area contributed by atoms with Gasteiger partial charge in [-0.05, 0) is 19.1 Å². The summed E-state index contributed by atoms with van der Waals surface area (Å²) in [5.41, 5.74) is 3.52. The fourth-order valence-electron chi connectivity index (χ4n) is 2.30. The van der Waals surface area contributed by atoms with E-state index in [1.54, 1.807) is 30.6 Å². The molecule has 23 heavy (non-hydrogen) atoms. The maximum atomic E-state index is 12.2. The van der Waals surface area contributed by atoms with Gasteiger partial charge in [0.2, 0.25) is 0 Å². The molecule has 0 unspecified atom stereocenters. The molecule has 8 heteroatoms. The number of amides is 2. The number of aryl methyl sites for hydroxylation is 1. The third-order valence-corrected chi connectivity index (χ3v) is 4.37. The van der Waals surface area contributed by atoms with Crippen LogP contribution in [-0.4, -0.2) is 37.2 Å². The molecule has 0 aliphatic carbocycles. The SMILES string of the molecule is COc1cc(NC(=O)c2scnc2C)ccc1N1CCOC1=O. The number of benzene rings is 1. The number of hydrogen-bond acceptors (Lipinski definition) is 6. The second kappa shape index (κ2) is 6.25. The molecule has 0 saturated carbocycles. The molecule has 1 fully saturated rings. The number of hydrogen-bond donors (Lipinski definition) is 1. The summed E-state index contributed by atoms with van der Waals surface area (Å²) >= 11 is 1.29. The number of methoxy groups -OCH3 is 1. The number of anilines is 2. The van der Waals surface area contributed by atoms with Crippen molar-refractivity contribution < 1.29 is 19.1 Å². The van der Waals surface area contributed by atoms with Gasteiger partial charge in [-0.15, -0.1) is 11.3 Å². The van der Waals surface area contributed by atoms with Gasteiger partial charge in [-0.3, -0.25) is 9.69 Å². The van der Waals surface area contributed by atoms with Crippen LogP contribution in [0.5, 0.6) is 5.75 Å². The molecule has 0 radical (unpaired) electrons. The molecule has 3 rings (SSSR count). The Bertz CT molecular complexity index is 759. The van der Waals surface area contributed by atoms with Gasteiger partial charge < -0.3 is 14.8 Å². The van der Waals surface area contributed by atoms with E-state index in [-0.39, 0.29) is 5.91 Å². The molecule has 2 aromatic rings. The van der Waals surface area contributed by atoms with Gasteiger partial charge in [0.15, 0.2) is 0 Å². The Morgan fingerprint density at radius 3 is 2.91 bits per heavy atom. The van der Waals surface area contributed by atoms with Crippen LogP contribution in [0, 0.1) is 6.92 Å². The van der Waals surface area contributed by atoms with E-state index in [2.05, 4.69) is 10.3 Å². The first-order chi connectivity index (χ1) is 11.1. The molecule has 1 aromatic heterocycles. The summed E-state index contributed by atoms with van der Waals surface area (Å²) in [4.78, 5) is 30.0. The number of nitrogens with one attached hydrogen (secondary N) is 1. The Balaban J connectivity index is 1.83. The Labute approximate surface area is 136 Å². The van der Waals surface area contributed by atoms with Gasteiger partial charge in [-0.25, -0.2) is 9.78 Å². The summed E-state index contributed by atoms with van der Waals surface area (Å²) in [5, 5.41) is 2.81. The molecule has 1 aromatic carbocycles.